The Labute approximate surface area is 78.7 Å². The number of nitrogen functional groups attached to an aromatic ring is 1. The molecule has 1 rings (SSSR count). The minimum Gasteiger partial charge on any atom is -0.399 e. The molecule has 0 saturated heterocycles. The number of benzene rings is 1. The van der Waals surface area contributed by atoms with Gasteiger partial charge in [0.1, 0.15) is 0 Å². The molecule has 0 aliphatic rings. The van der Waals surface area contributed by atoms with E-state index in [2.05, 4.69) is 0 Å². The molecular weight excluding hydrogens is 164 g/mol. The third-order valence-corrected chi connectivity index (χ3v) is 2.05. The molecule has 3 heteroatoms. The summed E-state index contributed by atoms with van der Waals surface area (Å²) in [5.74, 6) is 0. The molecule has 72 valence electrons. The number of hydrogen-bond acceptors (Lipinski definition) is 3. The molecule has 4 N–H and O–H groups in total. The second-order valence-electron chi connectivity index (χ2n) is 3.18. The molecule has 0 aliphatic carbocycles. The van der Waals surface area contributed by atoms with Gasteiger partial charge in [-0.1, -0.05) is 6.07 Å². The van der Waals surface area contributed by atoms with Crippen LogP contribution in [0.2, 0.25) is 0 Å². The first-order valence-electron chi connectivity index (χ1n) is 4.25. The zero-order valence-corrected chi connectivity index (χ0v) is 8.08. The lowest BCUT2D eigenvalue weighted by atomic mass is 10.0. The average molecular weight is 180 g/mol. The summed E-state index contributed by atoms with van der Waals surface area (Å²) in [7, 11) is 1.64. The number of ether oxygens (including phenoxy) is 1. The largest absolute Gasteiger partial charge is 0.399 e. The highest BCUT2D eigenvalue weighted by Gasteiger charge is 2.08. The molecule has 1 aromatic rings. The van der Waals surface area contributed by atoms with Crippen molar-refractivity contribution in [1.82, 2.24) is 0 Å². The number of rotatable bonds is 3. The quantitative estimate of drug-likeness (QED) is 0.687. The Morgan fingerprint density at radius 2 is 2.15 bits per heavy atom. The number of nitrogens with two attached hydrogens (primary N) is 2. The summed E-state index contributed by atoms with van der Waals surface area (Å²) in [5.41, 5.74) is 14.5. The van der Waals surface area contributed by atoms with Gasteiger partial charge in [-0.2, -0.15) is 0 Å². The van der Waals surface area contributed by atoms with Gasteiger partial charge in [0, 0.05) is 12.8 Å². The Balaban J connectivity index is 2.91. The predicted molar refractivity (Wildman–Crippen MR) is 54.4 cm³/mol. The monoisotopic (exact) mass is 180 g/mol. The summed E-state index contributed by atoms with van der Waals surface area (Å²) in [6.45, 7) is 2.54. The van der Waals surface area contributed by atoms with Gasteiger partial charge in [-0.05, 0) is 30.2 Å². The third kappa shape index (κ3) is 2.44. The topological polar surface area (TPSA) is 61.3 Å². The molecule has 0 heterocycles. The Morgan fingerprint density at radius 3 is 2.77 bits per heavy atom. The van der Waals surface area contributed by atoms with Crippen molar-refractivity contribution in [2.75, 3.05) is 19.5 Å². The highest BCUT2D eigenvalue weighted by molar-refractivity contribution is 5.45. The van der Waals surface area contributed by atoms with E-state index >= 15 is 0 Å². The van der Waals surface area contributed by atoms with Gasteiger partial charge >= 0.3 is 0 Å². The minimum atomic E-state index is -0.0894. The number of anilines is 1. The first-order valence-corrected chi connectivity index (χ1v) is 4.25. The summed E-state index contributed by atoms with van der Waals surface area (Å²) in [4.78, 5) is 0. The molecule has 0 aromatic heterocycles. The highest BCUT2D eigenvalue weighted by atomic mass is 16.5. The van der Waals surface area contributed by atoms with Crippen LogP contribution in [0, 0.1) is 6.92 Å². The van der Waals surface area contributed by atoms with E-state index in [0.717, 1.165) is 16.8 Å². The molecule has 0 saturated carbocycles. The average Bonchev–Trinajstić information content (AvgIpc) is 2.09. The van der Waals surface area contributed by atoms with Crippen molar-refractivity contribution < 1.29 is 4.74 Å². The molecular formula is C10H16N2O. The lowest BCUT2D eigenvalue weighted by Gasteiger charge is -2.14. The van der Waals surface area contributed by atoms with E-state index in [4.69, 9.17) is 16.2 Å². The van der Waals surface area contributed by atoms with Crippen molar-refractivity contribution in [1.29, 1.82) is 0 Å². The number of hydrogen-bond donors (Lipinski definition) is 2. The van der Waals surface area contributed by atoms with Crippen molar-refractivity contribution in [3.8, 4) is 0 Å². The van der Waals surface area contributed by atoms with Gasteiger partial charge in [-0.3, -0.25) is 0 Å². The smallest absolute Gasteiger partial charge is 0.0655 e. The van der Waals surface area contributed by atoms with Crippen LogP contribution in [0.25, 0.3) is 0 Å². The molecule has 0 bridgehead atoms. The normalized spacial score (nSPS) is 12.8. The molecule has 0 unspecified atom stereocenters. The maximum Gasteiger partial charge on any atom is 0.0655 e. The summed E-state index contributed by atoms with van der Waals surface area (Å²) in [5, 5.41) is 0. The second kappa shape index (κ2) is 4.25. The molecule has 13 heavy (non-hydrogen) atoms. The fraction of sp³-hybridized carbons (Fsp3) is 0.400. The Kier molecular flexibility index (Phi) is 3.28. The first kappa shape index (κ1) is 10.0. The molecule has 1 aromatic carbocycles. The van der Waals surface area contributed by atoms with Gasteiger partial charge in [0.2, 0.25) is 0 Å². The van der Waals surface area contributed by atoms with E-state index in [0.29, 0.717) is 6.61 Å². The van der Waals surface area contributed by atoms with E-state index in [-0.39, 0.29) is 6.04 Å². The van der Waals surface area contributed by atoms with E-state index < -0.39 is 0 Å². The Hall–Kier alpha value is -1.06. The molecule has 3 nitrogen and oxygen atoms in total. The molecule has 0 fully saturated rings. The zero-order chi connectivity index (χ0) is 9.84. The van der Waals surface area contributed by atoms with E-state index in [1.54, 1.807) is 7.11 Å². The summed E-state index contributed by atoms with van der Waals surface area (Å²) in [6.07, 6.45) is 0. The van der Waals surface area contributed by atoms with Crippen molar-refractivity contribution in [2.45, 2.75) is 13.0 Å². The van der Waals surface area contributed by atoms with Crippen LogP contribution < -0.4 is 11.5 Å². The van der Waals surface area contributed by atoms with Gasteiger partial charge in [0.05, 0.1) is 12.6 Å². The fourth-order valence-electron chi connectivity index (χ4n) is 1.33. The number of methoxy groups -OCH3 is 1. The molecule has 0 spiro atoms. The van der Waals surface area contributed by atoms with Crippen LogP contribution in [-0.4, -0.2) is 13.7 Å². The van der Waals surface area contributed by atoms with E-state index in [1.165, 1.54) is 0 Å². The van der Waals surface area contributed by atoms with Gasteiger partial charge in [-0.25, -0.2) is 0 Å². The number of aryl methyl sites for hydroxylation is 1. The predicted octanol–water partition coefficient (Wildman–Crippen LogP) is 1.22. The summed E-state index contributed by atoms with van der Waals surface area (Å²) < 4.78 is 4.99. The van der Waals surface area contributed by atoms with Crippen LogP contribution in [0.15, 0.2) is 18.2 Å². The second-order valence-corrected chi connectivity index (χ2v) is 3.18. The lowest BCUT2D eigenvalue weighted by Crippen LogP contribution is -2.17. The van der Waals surface area contributed by atoms with Crippen LogP contribution in [0.5, 0.6) is 0 Å². The van der Waals surface area contributed by atoms with Crippen LogP contribution in [0.3, 0.4) is 0 Å². The zero-order valence-electron chi connectivity index (χ0n) is 8.08. The minimum absolute atomic E-state index is 0.0894. The van der Waals surface area contributed by atoms with Crippen LogP contribution in [0.1, 0.15) is 17.2 Å². The molecule has 0 radical (unpaired) electrons. The summed E-state index contributed by atoms with van der Waals surface area (Å²) >= 11 is 0. The van der Waals surface area contributed by atoms with Gasteiger partial charge in [0.15, 0.2) is 0 Å². The fourth-order valence-corrected chi connectivity index (χ4v) is 1.33. The van der Waals surface area contributed by atoms with Crippen molar-refractivity contribution in [2.24, 2.45) is 5.73 Å². The van der Waals surface area contributed by atoms with Crippen molar-refractivity contribution >= 4 is 5.69 Å². The van der Waals surface area contributed by atoms with E-state index in [9.17, 15) is 0 Å². The maximum absolute atomic E-state index is 5.89. The molecule has 0 amide bonds. The standard InChI is InChI=1S/C10H16N2O/c1-7-3-4-8(11)5-9(7)10(12)6-13-2/h3-5,10H,6,11-12H2,1-2H3/t10-/m1/s1. The van der Waals surface area contributed by atoms with E-state index in [1.807, 2.05) is 25.1 Å². The third-order valence-electron chi connectivity index (χ3n) is 2.05. The van der Waals surface area contributed by atoms with Crippen LogP contribution in [0.4, 0.5) is 5.69 Å². The first-order chi connectivity index (χ1) is 6.15. The van der Waals surface area contributed by atoms with Gasteiger partial charge in [-0.15, -0.1) is 0 Å². The lowest BCUT2D eigenvalue weighted by molar-refractivity contribution is 0.180. The van der Waals surface area contributed by atoms with Crippen molar-refractivity contribution in [3.05, 3.63) is 29.3 Å². The van der Waals surface area contributed by atoms with Crippen LogP contribution in [-0.2, 0) is 4.74 Å². The summed E-state index contributed by atoms with van der Waals surface area (Å²) in [6, 6.07) is 5.66. The Bertz CT molecular complexity index is 286. The molecule has 1 atom stereocenters. The van der Waals surface area contributed by atoms with Crippen LogP contribution >= 0.6 is 0 Å². The Morgan fingerprint density at radius 1 is 1.46 bits per heavy atom. The van der Waals surface area contributed by atoms with Gasteiger partial charge < -0.3 is 16.2 Å². The SMILES string of the molecule is COC[C@@H](N)c1cc(N)ccc1C. The molecule has 0 aliphatic heterocycles. The maximum atomic E-state index is 5.89. The highest BCUT2D eigenvalue weighted by Crippen LogP contribution is 2.18. The van der Waals surface area contributed by atoms with Gasteiger partial charge in [0.25, 0.3) is 0 Å². The van der Waals surface area contributed by atoms with Crippen molar-refractivity contribution in [3.63, 3.8) is 0 Å².